The molecule has 0 atom stereocenters. The molecule has 0 radical (unpaired) electrons. The van der Waals surface area contributed by atoms with E-state index in [0.717, 1.165) is 60.9 Å². The van der Waals surface area contributed by atoms with Crippen molar-refractivity contribution in [3.63, 3.8) is 0 Å². The maximum absolute atomic E-state index is 6.41. The van der Waals surface area contributed by atoms with E-state index in [1.807, 2.05) is 60.7 Å². The van der Waals surface area contributed by atoms with Gasteiger partial charge in [-0.15, -0.1) is 0 Å². The number of rotatable bonds is 2. The number of benzene rings is 5. The number of hydrogen-bond donors (Lipinski definition) is 0. The largest absolute Gasteiger partial charge is 0.455 e. The zero-order chi connectivity index (χ0) is 21.8. The van der Waals surface area contributed by atoms with Gasteiger partial charge < -0.3 is 4.42 Å². The lowest BCUT2D eigenvalue weighted by Crippen LogP contribution is -1.95. The average Bonchev–Trinajstić information content (AvgIpc) is 3.28. The smallest absolute Gasteiger partial charge is 0.160 e. The lowest BCUT2D eigenvalue weighted by atomic mass is 9.99. The van der Waals surface area contributed by atoms with Crippen molar-refractivity contribution in [3.8, 4) is 22.6 Å². The Morgan fingerprint density at radius 3 is 2.24 bits per heavy atom. The fourth-order valence-electron chi connectivity index (χ4n) is 4.75. The second-order valence-corrected chi connectivity index (χ2v) is 8.22. The Morgan fingerprint density at radius 2 is 1.33 bits per heavy atom. The molecule has 0 fully saturated rings. The van der Waals surface area contributed by atoms with Crippen LogP contribution in [0.15, 0.2) is 114 Å². The van der Waals surface area contributed by atoms with Crippen LogP contribution < -0.4 is 0 Å². The third-order valence-corrected chi connectivity index (χ3v) is 6.28. The first-order valence-corrected chi connectivity index (χ1v) is 11.0. The van der Waals surface area contributed by atoms with Gasteiger partial charge in [-0.2, -0.15) is 0 Å². The highest BCUT2D eigenvalue weighted by Crippen LogP contribution is 2.40. The summed E-state index contributed by atoms with van der Waals surface area (Å²) < 4.78 is 6.41. The van der Waals surface area contributed by atoms with E-state index in [1.165, 1.54) is 5.39 Å². The molecule has 0 aliphatic heterocycles. The first kappa shape index (κ1) is 18.1. The van der Waals surface area contributed by atoms with Crippen LogP contribution in [0.25, 0.3) is 66.3 Å². The number of para-hydroxylation sites is 1. The standard InChI is InChI=1S/C30H18N2O/c1-2-10-20(11-3-1)30-31-25-15-7-6-13-22(25)28(32-30)23-14-8-16-26-27(23)24-18-17-19-9-4-5-12-21(19)29(24)33-26/h1-18H. The summed E-state index contributed by atoms with van der Waals surface area (Å²) >= 11 is 0. The number of nitrogens with zero attached hydrogens (tertiary/aromatic N) is 2. The summed E-state index contributed by atoms with van der Waals surface area (Å²) in [5.74, 6) is 0.722. The average molecular weight is 422 g/mol. The first-order chi connectivity index (χ1) is 16.4. The molecule has 0 aliphatic rings. The summed E-state index contributed by atoms with van der Waals surface area (Å²) in [5, 5.41) is 5.50. The van der Waals surface area contributed by atoms with E-state index >= 15 is 0 Å². The van der Waals surface area contributed by atoms with E-state index in [1.54, 1.807) is 0 Å². The highest BCUT2D eigenvalue weighted by molar-refractivity contribution is 6.20. The predicted octanol–water partition coefficient (Wildman–Crippen LogP) is 8.02. The van der Waals surface area contributed by atoms with Crippen molar-refractivity contribution < 1.29 is 4.42 Å². The van der Waals surface area contributed by atoms with Crippen LogP contribution in [0.3, 0.4) is 0 Å². The molecule has 0 saturated carbocycles. The van der Waals surface area contributed by atoms with Gasteiger partial charge in [-0.3, -0.25) is 0 Å². The van der Waals surface area contributed by atoms with Gasteiger partial charge in [0, 0.05) is 32.7 Å². The topological polar surface area (TPSA) is 38.9 Å². The molecule has 33 heavy (non-hydrogen) atoms. The molecule has 0 saturated heterocycles. The van der Waals surface area contributed by atoms with E-state index in [-0.39, 0.29) is 0 Å². The molecule has 154 valence electrons. The van der Waals surface area contributed by atoms with Crippen LogP contribution in [0.5, 0.6) is 0 Å². The molecular formula is C30H18N2O. The number of furan rings is 1. The van der Waals surface area contributed by atoms with Crippen LogP contribution in [0.1, 0.15) is 0 Å². The predicted molar refractivity (Wildman–Crippen MR) is 135 cm³/mol. The highest BCUT2D eigenvalue weighted by Gasteiger charge is 2.18. The van der Waals surface area contributed by atoms with Crippen LogP contribution in [-0.4, -0.2) is 9.97 Å². The minimum absolute atomic E-state index is 0.722. The SMILES string of the molecule is c1ccc(-c2nc(-c3cccc4oc5c6ccccc6ccc5c34)c3ccccc3n2)cc1. The van der Waals surface area contributed by atoms with Crippen molar-refractivity contribution >= 4 is 43.6 Å². The Morgan fingerprint density at radius 1 is 0.545 bits per heavy atom. The van der Waals surface area contributed by atoms with Crippen LogP contribution in [0.4, 0.5) is 0 Å². The van der Waals surface area contributed by atoms with Crippen molar-refractivity contribution in [1.82, 2.24) is 9.97 Å². The van der Waals surface area contributed by atoms with E-state index in [4.69, 9.17) is 14.4 Å². The van der Waals surface area contributed by atoms with Gasteiger partial charge in [-0.25, -0.2) is 9.97 Å². The fraction of sp³-hybridized carbons (Fsp3) is 0. The molecule has 2 heterocycles. The molecule has 2 aromatic heterocycles. The molecule has 0 bridgehead atoms. The molecule has 0 N–H and O–H groups in total. The van der Waals surface area contributed by atoms with E-state index in [0.29, 0.717) is 0 Å². The fourth-order valence-corrected chi connectivity index (χ4v) is 4.75. The Labute approximate surface area is 190 Å². The lowest BCUT2D eigenvalue weighted by molar-refractivity contribution is 0.673. The van der Waals surface area contributed by atoms with Crippen molar-refractivity contribution in [2.45, 2.75) is 0 Å². The summed E-state index contributed by atoms with van der Waals surface area (Å²) in [7, 11) is 0. The van der Waals surface area contributed by atoms with Gasteiger partial charge in [0.2, 0.25) is 0 Å². The Bertz CT molecular complexity index is 1820. The molecule has 7 rings (SSSR count). The molecule has 0 unspecified atom stereocenters. The monoisotopic (exact) mass is 422 g/mol. The third-order valence-electron chi connectivity index (χ3n) is 6.28. The molecule has 3 nitrogen and oxygen atoms in total. The summed E-state index contributed by atoms with van der Waals surface area (Å²) in [6.07, 6.45) is 0. The molecule has 0 spiro atoms. The summed E-state index contributed by atoms with van der Waals surface area (Å²) in [5.41, 5.74) is 5.68. The van der Waals surface area contributed by atoms with Crippen LogP contribution >= 0.6 is 0 Å². The maximum Gasteiger partial charge on any atom is 0.160 e. The molecule has 7 aromatic rings. The second kappa shape index (κ2) is 7.01. The Balaban J connectivity index is 1.60. The van der Waals surface area contributed by atoms with E-state index < -0.39 is 0 Å². The minimum atomic E-state index is 0.722. The van der Waals surface area contributed by atoms with Gasteiger partial charge in [-0.05, 0) is 23.6 Å². The second-order valence-electron chi connectivity index (χ2n) is 8.22. The van der Waals surface area contributed by atoms with Crippen LogP contribution in [-0.2, 0) is 0 Å². The van der Waals surface area contributed by atoms with Gasteiger partial charge in [0.15, 0.2) is 5.82 Å². The number of fused-ring (bicyclic) bond motifs is 6. The first-order valence-electron chi connectivity index (χ1n) is 11.0. The zero-order valence-corrected chi connectivity index (χ0v) is 17.7. The van der Waals surface area contributed by atoms with Crippen LogP contribution in [0.2, 0.25) is 0 Å². The van der Waals surface area contributed by atoms with Gasteiger partial charge in [0.25, 0.3) is 0 Å². The van der Waals surface area contributed by atoms with Crippen molar-refractivity contribution in [2.24, 2.45) is 0 Å². The lowest BCUT2D eigenvalue weighted by Gasteiger charge is -2.10. The molecule has 0 amide bonds. The quantitative estimate of drug-likeness (QED) is 0.283. The van der Waals surface area contributed by atoms with Gasteiger partial charge >= 0.3 is 0 Å². The van der Waals surface area contributed by atoms with E-state index in [2.05, 4.69) is 48.5 Å². The summed E-state index contributed by atoms with van der Waals surface area (Å²) in [4.78, 5) is 9.96. The molecular weight excluding hydrogens is 404 g/mol. The van der Waals surface area contributed by atoms with Gasteiger partial charge in [-0.1, -0.05) is 91.0 Å². The van der Waals surface area contributed by atoms with Gasteiger partial charge in [0.1, 0.15) is 11.2 Å². The molecule has 5 aromatic carbocycles. The van der Waals surface area contributed by atoms with Crippen molar-refractivity contribution in [1.29, 1.82) is 0 Å². The maximum atomic E-state index is 6.41. The molecule has 3 heteroatoms. The number of hydrogen-bond acceptors (Lipinski definition) is 3. The number of aromatic nitrogens is 2. The zero-order valence-electron chi connectivity index (χ0n) is 17.7. The van der Waals surface area contributed by atoms with Crippen molar-refractivity contribution in [2.75, 3.05) is 0 Å². The molecule has 0 aliphatic carbocycles. The summed E-state index contributed by atoms with van der Waals surface area (Å²) in [6.45, 7) is 0. The Hall–Kier alpha value is -4.50. The van der Waals surface area contributed by atoms with Gasteiger partial charge in [0.05, 0.1) is 11.2 Å². The van der Waals surface area contributed by atoms with Crippen molar-refractivity contribution in [3.05, 3.63) is 109 Å². The summed E-state index contributed by atoms with van der Waals surface area (Å²) in [6, 6.07) is 37.2. The van der Waals surface area contributed by atoms with Crippen LogP contribution in [0, 0.1) is 0 Å². The highest BCUT2D eigenvalue weighted by atomic mass is 16.3. The minimum Gasteiger partial charge on any atom is -0.455 e. The Kier molecular flexibility index (Phi) is 3.84. The third kappa shape index (κ3) is 2.76. The normalized spacial score (nSPS) is 11.6. The van der Waals surface area contributed by atoms with E-state index in [9.17, 15) is 0 Å².